The second-order valence-corrected chi connectivity index (χ2v) is 4.38. The van der Waals surface area contributed by atoms with Crippen molar-refractivity contribution in [1.82, 2.24) is 5.32 Å². The minimum atomic E-state index is -1.17. The van der Waals surface area contributed by atoms with Gasteiger partial charge in [-0.05, 0) is 19.8 Å². The summed E-state index contributed by atoms with van der Waals surface area (Å²) in [5.74, 6) is -2.44. The number of hydrogen-bond acceptors (Lipinski definition) is 4. The third-order valence-electron chi connectivity index (χ3n) is 3.01. The molecule has 3 atom stereocenters. The molecule has 7 heteroatoms. The average Bonchev–Trinajstić information content (AvgIpc) is 2.69. The van der Waals surface area contributed by atoms with E-state index in [1.54, 1.807) is 6.92 Å². The van der Waals surface area contributed by atoms with E-state index in [2.05, 4.69) is 5.32 Å². The van der Waals surface area contributed by atoms with Gasteiger partial charge < -0.3 is 20.9 Å². The molecule has 0 aromatic heterocycles. The quantitative estimate of drug-likeness (QED) is 0.579. The van der Waals surface area contributed by atoms with Crippen molar-refractivity contribution in [2.45, 2.75) is 38.3 Å². The molecule has 0 bridgehead atoms. The van der Waals surface area contributed by atoms with E-state index in [1.807, 2.05) is 0 Å². The third kappa shape index (κ3) is 3.99. The van der Waals surface area contributed by atoms with Crippen LogP contribution in [0.5, 0.6) is 0 Å². The molecule has 0 aliphatic carbocycles. The summed E-state index contributed by atoms with van der Waals surface area (Å²) in [4.78, 5) is 33.4. The zero-order valence-corrected chi connectivity index (χ0v) is 10.2. The summed E-state index contributed by atoms with van der Waals surface area (Å²) in [6.45, 7) is 2.27. The van der Waals surface area contributed by atoms with E-state index in [4.69, 9.17) is 15.6 Å². The molecule has 2 amide bonds. The van der Waals surface area contributed by atoms with Crippen molar-refractivity contribution >= 4 is 17.8 Å². The molecule has 0 saturated carbocycles. The van der Waals surface area contributed by atoms with Gasteiger partial charge in [0.05, 0.1) is 12.0 Å². The molecule has 7 nitrogen and oxygen atoms in total. The number of carboxylic acid groups (broad SMARTS) is 1. The van der Waals surface area contributed by atoms with Gasteiger partial charge in [-0.3, -0.25) is 9.59 Å². The Hall–Kier alpha value is -1.63. The Morgan fingerprint density at radius 1 is 1.50 bits per heavy atom. The minimum absolute atomic E-state index is 0.00162. The summed E-state index contributed by atoms with van der Waals surface area (Å²) in [5, 5.41) is 11.4. The fraction of sp³-hybridized carbons (Fsp3) is 0.727. The Morgan fingerprint density at radius 3 is 2.61 bits per heavy atom. The molecule has 102 valence electrons. The smallest absolute Gasteiger partial charge is 0.326 e. The molecule has 0 radical (unpaired) electrons. The van der Waals surface area contributed by atoms with Crippen LogP contribution in [0.4, 0.5) is 0 Å². The van der Waals surface area contributed by atoms with E-state index in [0.717, 1.165) is 0 Å². The predicted molar refractivity (Wildman–Crippen MR) is 61.5 cm³/mol. The maximum Gasteiger partial charge on any atom is 0.326 e. The summed E-state index contributed by atoms with van der Waals surface area (Å²) in [5.41, 5.74) is 4.95. The number of primary amides is 1. The second-order valence-electron chi connectivity index (χ2n) is 4.38. The van der Waals surface area contributed by atoms with Crippen molar-refractivity contribution in [3.8, 4) is 0 Å². The van der Waals surface area contributed by atoms with Gasteiger partial charge in [0.15, 0.2) is 0 Å². The molecular weight excluding hydrogens is 240 g/mol. The first-order valence-corrected chi connectivity index (χ1v) is 5.85. The molecule has 0 aromatic carbocycles. The Bertz CT molecular complexity index is 344. The van der Waals surface area contributed by atoms with Crippen LogP contribution in [-0.2, 0) is 19.1 Å². The number of carbonyl (C=O) groups is 3. The fourth-order valence-corrected chi connectivity index (χ4v) is 1.90. The lowest BCUT2D eigenvalue weighted by atomic mass is 10.0. The van der Waals surface area contributed by atoms with Crippen LogP contribution in [0.1, 0.15) is 26.2 Å². The third-order valence-corrected chi connectivity index (χ3v) is 3.01. The number of aliphatic carboxylic acids is 1. The molecule has 1 saturated heterocycles. The molecule has 4 N–H and O–H groups in total. The van der Waals surface area contributed by atoms with Crippen LogP contribution in [0, 0.1) is 5.92 Å². The van der Waals surface area contributed by atoms with Gasteiger partial charge in [-0.1, -0.05) is 0 Å². The number of hydrogen-bond donors (Lipinski definition) is 3. The van der Waals surface area contributed by atoms with Crippen molar-refractivity contribution in [3.05, 3.63) is 0 Å². The summed E-state index contributed by atoms with van der Waals surface area (Å²) in [6, 6.07) is -1.09. The summed E-state index contributed by atoms with van der Waals surface area (Å²) in [7, 11) is 0. The van der Waals surface area contributed by atoms with Crippen molar-refractivity contribution in [1.29, 1.82) is 0 Å². The molecule has 1 heterocycles. The average molecular weight is 258 g/mol. The molecule has 1 rings (SSSR count). The van der Waals surface area contributed by atoms with E-state index < -0.39 is 17.9 Å². The number of carboxylic acids is 1. The van der Waals surface area contributed by atoms with Crippen molar-refractivity contribution in [2.75, 3.05) is 6.61 Å². The lowest BCUT2D eigenvalue weighted by Crippen LogP contribution is -2.45. The summed E-state index contributed by atoms with van der Waals surface area (Å²) >= 11 is 0. The molecule has 2 unspecified atom stereocenters. The lowest BCUT2D eigenvalue weighted by Gasteiger charge is -2.18. The fourth-order valence-electron chi connectivity index (χ4n) is 1.90. The molecule has 0 aromatic rings. The maximum atomic E-state index is 11.8. The van der Waals surface area contributed by atoms with Crippen LogP contribution in [-0.4, -0.2) is 41.6 Å². The molecular formula is C11H18N2O5. The van der Waals surface area contributed by atoms with Crippen LogP contribution in [0.25, 0.3) is 0 Å². The van der Waals surface area contributed by atoms with Gasteiger partial charge >= 0.3 is 5.97 Å². The highest BCUT2D eigenvalue weighted by Crippen LogP contribution is 2.20. The topological polar surface area (TPSA) is 119 Å². The first kappa shape index (κ1) is 14.4. The molecule has 1 aliphatic heterocycles. The molecule has 1 fully saturated rings. The predicted octanol–water partition coefficient (Wildman–Crippen LogP) is -0.754. The van der Waals surface area contributed by atoms with Gasteiger partial charge in [-0.25, -0.2) is 4.79 Å². The number of nitrogens with two attached hydrogens (primary N) is 1. The number of amides is 2. The molecule has 18 heavy (non-hydrogen) atoms. The molecule has 1 aliphatic rings. The largest absolute Gasteiger partial charge is 0.480 e. The van der Waals surface area contributed by atoms with Crippen LogP contribution in [0.2, 0.25) is 0 Å². The molecule has 0 spiro atoms. The van der Waals surface area contributed by atoms with Crippen molar-refractivity contribution in [3.63, 3.8) is 0 Å². The normalized spacial score (nSPS) is 24.5. The zero-order chi connectivity index (χ0) is 13.7. The van der Waals surface area contributed by atoms with Gasteiger partial charge in [0.25, 0.3) is 0 Å². The SMILES string of the molecule is CC1OCCC1C(=O)N[C@H](CCC(N)=O)C(=O)O. The van der Waals surface area contributed by atoms with Crippen molar-refractivity contribution in [2.24, 2.45) is 11.7 Å². The monoisotopic (exact) mass is 258 g/mol. The van der Waals surface area contributed by atoms with Crippen LogP contribution in [0.15, 0.2) is 0 Å². The van der Waals surface area contributed by atoms with Gasteiger partial charge in [-0.15, -0.1) is 0 Å². The highest BCUT2D eigenvalue weighted by atomic mass is 16.5. The number of nitrogens with one attached hydrogen (secondary N) is 1. The van der Waals surface area contributed by atoms with Crippen molar-refractivity contribution < 1.29 is 24.2 Å². The number of rotatable bonds is 6. The van der Waals surface area contributed by atoms with Crippen LogP contribution < -0.4 is 11.1 Å². The standard InChI is InChI=1S/C11H18N2O5/c1-6-7(4-5-18-6)10(15)13-8(11(16)17)2-3-9(12)14/h6-8H,2-5H2,1H3,(H2,12,14)(H,13,15)(H,16,17)/t6?,7?,8-/m1/s1. The second kappa shape index (κ2) is 6.34. The Kier molecular flexibility index (Phi) is 5.08. The Labute approximate surface area is 105 Å². The van der Waals surface area contributed by atoms with Gasteiger partial charge in [-0.2, -0.15) is 0 Å². The number of ether oxygens (including phenoxy) is 1. The van der Waals surface area contributed by atoms with Gasteiger partial charge in [0.2, 0.25) is 11.8 Å². The highest BCUT2D eigenvalue weighted by Gasteiger charge is 2.33. The first-order chi connectivity index (χ1) is 8.41. The van der Waals surface area contributed by atoms with E-state index in [0.29, 0.717) is 13.0 Å². The maximum absolute atomic E-state index is 11.8. The van der Waals surface area contributed by atoms with E-state index in [-0.39, 0.29) is 30.8 Å². The van der Waals surface area contributed by atoms with E-state index in [1.165, 1.54) is 0 Å². The van der Waals surface area contributed by atoms with Gasteiger partial charge in [0, 0.05) is 13.0 Å². The number of carbonyl (C=O) groups excluding carboxylic acids is 2. The first-order valence-electron chi connectivity index (χ1n) is 5.85. The van der Waals surface area contributed by atoms with Crippen LogP contribution >= 0.6 is 0 Å². The summed E-state index contributed by atoms with van der Waals surface area (Å²) in [6.07, 6.45) is 0.289. The highest BCUT2D eigenvalue weighted by molar-refractivity contribution is 5.86. The van der Waals surface area contributed by atoms with Crippen LogP contribution in [0.3, 0.4) is 0 Å². The van der Waals surface area contributed by atoms with Gasteiger partial charge in [0.1, 0.15) is 6.04 Å². The Morgan fingerprint density at radius 2 is 2.17 bits per heavy atom. The zero-order valence-electron chi connectivity index (χ0n) is 10.2. The van der Waals surface area contributed by atoms with E-state index >= 15 is 0 Å². The van der Waals surface area contributed by atoms with E-state index in [9.17, 15) is 14.4 Å². The Balaban J connectivity index is 2.52. The lowest BCUT2D eigenvalue weighted by molar-refractivity contribution is -0.143. The minimum Gasteiger partial charge on any atom is -0.480 e. The summed E-state index contributed by atoms with van der Waals surface area (Å²) < 4.78 is 5.24.